The number of thioether (sulfide) groups is 1. The molecule has 2 saturated heterocycles. The highest BCUT2D eigenvalue weighted by Gasteiger charge is 2.22. The van der Waals surface area contributed by atoms with Crippen molar-refractivity contribution in [3.63, 3.8) is 0 Å². The van der Waals surface area contributed by atoms with Gasteiger partial charge in [0.2, 0.25) is 5.91 Å². The minimum absolute atomic E-state index is 0. The summed E-state index contributed by atoms with van der Waals surface area (Å²) in [7, 11) is 0. The second kappa shape index (κ2) is 12.3. The molecular weight excluding hydrogens is 501 g/mol. The molecule has 29 heavy (non-hydrogen) atoms. The highest BCUT2D eigenvalue weighted by molar-refractivity contribution is 14.0. The summed E-state index contributed by atoms with van der Waals surface area (Å²) in [6.45, 7) is 5.55. The molecule has 9 heteroatoms. The van der Waals surface area contributed by atoms with E-state index in [9.17, 15) is 9.59 Å². The summed E-state index contributed by atoms with van der Waals surface area (Å²) in [5.41, 5.74) is 1.64. The average molecular weight is 531 g/mol. The van der Waals surface area contributed by atoms with Crippen LogP contribution in [0, 0.1) is 0 Å². The summed E-state index contributed by atoms with van der Waals surface area (Å²) in [5, 5.41) is 10.1. The third kappa shape index (κ3) is 7.36. The van der Waals surface area contributed by atoms with Crippen molar-refractivity contribution in [3.8, 4) is 0 Å². The van der Waals surface area contributed by atoms with Gasteiger partial charge in [0.25, 0.3) is 5.91 Å². The zero-order valence-electron chi connectivity index (χ0n) is 16.8. The molecule has 0 aromatic heterocycles. The van der Waals surface area contributed by atoms with Gasteiger partial charge in [-0.15, -0.1) is 24.0 Å². The molecule has 0 bridgehead atoms. The molecular formula is C20H30IN5O2S. The molecule has 2 aliphatic heterocycles. The second-order valence-electron chi connectivity index (χ2n) is 6.98. The first-order valence-electron chi connectivity index (χ1n) is 9.94. The van der Waals surface area contributed by atoms with E-state index in [0.717, 1.165) is 24.6 Å². The first-order chi connectivity index (χ1) is 13.7. The SMILES string of the molecule is CCNC(=NCc1ccc(C(=O)N2CCNC(=O)C2)cc1)NCC1CCCS1.I. The zero-order valence-corrected chi connectivity index (χ0v) is 19.9. The van der Waals surface area contributed by atoms with Crippen LogP contribution < -0.4 is 16.0 Å². The Balaban J connectivity index is 0.00000300. The van der Waals surface area contributed by atoms with Gasteiger partial charge in [0.15, 0.2) is 5.96 Å². The molecule has 1 unspecified atom stereocenters. The van der Waals surface area contributed by atoms with E-state index in [0.29, 0.717) is 30.4 Å². The highest BCUT2D eigenvalue weighted by atomic mass is 127. The third-order valence-electron chi connectivity index (χ3n) is 4.81. The van der Waals surface area contributed by atoms with Crippen LogP contribution in [0.2, 0.25) is 0 Å². The Kier molecular flexibility index (Phi) is 10.1. The van der Waals surface area contributed by atoms with Gasteiger partial charge in [0.05, 0.1) is 13.1 Å². The summed E-state index contributed by atoms with van der Waals surface area (Å²) in [4.78, 5) is 30.2. The number of amides is 2. The first kappa shape index (κ1) is 23.8. The summed E-state index contributed by atoms with van der Waals surface area (Å²) < 4.78 is 0. The van der Waals surface area contributed by atoms with Gasteiger partial charge in [0.1, 0.15) is 0 Å². The number of benzene rings is 1. The van der Waals surface area contributed by atoms with E-state index in [1.54, 1.807) is 4.90 Å². The maximum atomic E-state index is 12.5. The minimum atomic E-state index is -0.106. The summed E-state index contributed by atoms with van der Waals surface area (Å²) in [5.74, 6) is 1.88. The van der Waals surface area contributed by atoms with Crippen molar-refractivity contribution in [1.82, 2.24) is 20.9 Å². The van der Waals surface area contributed by atoms with E-state index < -0.39 is 0 Å². The van der Waals surface area contributed by atoms with Crippen LogP contribution in [0.5, 0.6) is 0 Å². The van der Waals surface area contributed by atoms with Gasteiger partial charge in [-0.05, 0) is 43.2 Å². The molecule has 3 rings (SSSR count). The van der Waals surface area contributed by atoms with Crippen molar-refractivity contribution >= 4 is 53.5 Å². The number of rotatable bonds is 6. The van der Waals surface area contributed by atoms with Crippen LogP contribution in [-0.2, 0) is 11.3 Å². The number of carbonyl (C=O) groups is 2. The normalized spacial score (nSPS) is 19.3. The van der Waals surface area contributed by atoms with Gasteiger partial charge in [-0.3, -0.25) is 9.59 Å². The first-order valence-corrected chi connectivity index (χ1v) is 11.0. The van der Waals surface area contributed by atoms with Crippen LogP contribution in [0.4, 0.5) is 0 Å². The Hall–Kier alpha value is -1.49. The summed E-state index contributed by atoms with van der Waals surface area (Å²) in [6.07, 6.45) is 2.57. The van der Waals surface area contributed by atoms with Crippen LogP contribution in [0.15, 0.2) is 29.3 Å². The topological polar surface area (TPSA) is 85.8 Å². The lowest BCUT2D eigenvalue weighted by Crippen LogP contribution is -2.49. The number of hydrogen-bond donors (Lipinski definition) is 3. The van der Waals surface area contributed by atoms with E-state index in [2.05, 4.69) is 27.9 Å². The predicted octanol–water partition coefficient (Wildman–Crippen LogP) is 1.83. The standard InChI is InChI=1S/C20H29N5O2S.HI/c1-2-21-20(24-13-17-4-3-11-28-17)23-12-15-5-7-16(8-6-15)19(27)25-10-9-22-18(26)14-25;/h5-8,17H,2-4,9-14H2,1H3,(H,22,26)(H2,21,23,24);1H. The number of carbonyl (C=O) groups excluding carboxylic acids is 2. The van der Waals surface area contributed by atoms with Gasteiger partial charge < -0.3 is 20.9 Å². The summed E-state index contributed by atoms with van der Waals surface area (Å²) >= 11 is 2.03. The largest absolute Gasteiger partial charge is 0.357 e. The lowest BCUT2D eigenvalue weighted by molar-refractivity contribution is -0.123. The number of halogens is 1. The van der Waals surface area contributed by atoms with E-state index in [1.807, 2.05) is 36.0 Å². The molecule has 0 aliphatic carbocycles. The molecule has 0 saturated carbocycles. The Morgan fingerprint density at radius 2 is 2.10 bits per heavy atom. The van der Waals surface area contributed by atoms with Crippen LogP contribution in [0.25, 0.3) is 0 Å². The average Bonchev–Trinajstić information content (AvgIpc) is 3.23. The van der Waals surface area contributed by atoms with E-state index >= 15 is 0 Å². The number of piperazine rings is 1. The van der Waals surface area contributed by atoms with E-state index in [4.69, 9.17) is 0 Å². The van der Waals surface area contributed by atoms with Gasteiger partial charge in [-0.1, -0.05) is 12.1 Å². The number of guanidine groups is 1. The van der Waals surface area contributed by atoms with Gasteiger partial charge in [0, 0.05) is 37.0 Å². The predicted molar refractivity (Wildman–Crippen MR) is 129 cm³/mol. The molecule has 2 heterocycles. The molecule has 160 valence electrons. The molecule has 1 aromatic rings. The van der Waals surface area contributed by atoms with Crippen molar-refractivity contribution in [2.75, 3.05) is 38.5 Å². The zero-order chi connectivity index (χ0) is 19.8. The smallest absolute Gasteiger partial charge is 0.254 e. The molecule has 7 nitrogen and oxygen atoms in total. The van der Waals surface area contributed by atoms with Crippen LogP contribution in [-0.4, -0.2) is 66.4 Å². The molecule has 2 aliphatic rings. The van der Waals surface area contributed by atoms with Gasteiger partial charge in [-0.25, -0.2) is 4.99 Å². The van der Waals surface area contributed by atoms with E-state index in [1.165, 1.54) is 18.6 Å². The van der Waals surface area contributed by atoms with Crippen molar-refractivity contribution < 1.29 is 9.59 Å². The van der Waals surface area contributed by atoms with Crippen LogP contribution >= 0.6 is 35.7 Å². The molecule has 0 radical (unpaired) electrons. The van der Waals surface area contributed by atoms with Crippen molar-refractivity contribution in [3.05, 3.63) is 35.4 Å². The molecule has 1 aromatic carbocycles. The second-order valence-corrected chi connectivity index (χ2v) is 8.39. The fourth-order valence-electron chi connectivity index (χ4n) is 3.28. The maximum Gasteiger partial charge on any atom is 0.254 e. The summed E-state index contributed by atoms with van der Waals surface area (Å²) in [6, 6.07) is 7.48. The molecule has 0 spiro atoms. The number of aliphatic imine (C=N–C) groups is 1. The lowest BCUT2D eigenvalue weighted by Gasteiger charge is -2.26. The fraction of sp³-hybridized carbons (Fsp3) is 0.550. The van der Waals surface area contributed by atoms with E-state index in [-0.39, 0.29) is 42.3 Å². The molecule has 2 fully saturated rings. The lowest BCUT2D eigenvalue weighted by atomic mass is 10.1. The maximum absolute atomic E-state index is 12.5. The Morgan fingerprint density at radius 3 is 2.76 bits per heavy atom. The number of hydrogen-bond acceptors (Lipinski definition) is 4. The molecule has 3 N–H and O–H groups in total. The molecule has 2 amide bonds. The van der Waals surface area contributed by atoms with Crippen molar-refractivity contribution in [2.45, 2.75) is 31.6 Å². The van der Waals surface area contributed by atoms with Gasteiger partial charge >= 0.3 is 0 Å². The van der Waals surface area contributed by atoms with Crippen LogP contribution in [0.3, 0.4) is 0 Å². The van der Waals surface area contributed by atoms with Crippen LogP contribution in [0.1, 0.15) is 35.7 Å². The third-order valence-corrected chi connectivity index (χ3v) is 6.21. The minimum Gasteiger partial charge on any atom is -0.357 e. The molecule has 1 atom stereocenters. The quantitative estimate of drug-likeness (QED) is 0.297. The van der Waals surface area contributed by atoms with Crippen molar-refractivity contribution in [1.29, 1.82) is 0 Å². The Labute approximate surface area is 193 Å². The Bertz CT molecular complexity index is 707. The highest BCUT2D eigenvalue weighted by Crippen LogP contribution is 2.25. The monoisotopic (exact) mass is 531 g/mol. The number of nitrogens with one attached hydrogen (secondary N) is 3. The number of nitrogens with zero attached hydrogens (tertiary/aromatic N) is 2. The van der Waals surface area contributed by atoms with Crippen molar-refractivity contribution in [2.24, 2.45) is 4.99 Å². The van der Waals surface area contributed by atoms with Gasteiger partial charge in [-0.2, -0.15) is 11.8 Å². The fourth-order valence-corrected chi connectivity index (χ4v) is 4.48. The Morgan fingerprint density at radius 1 is 1.31 bits per heavy atom.